The highest BCUT2D eigenvalue weighted by Crippen LogP contribution is 2.24. The van der Waals surface area contributed by atoms with E-state index in [0.29, 0.717) is 16.1 Å². The van der Waals surface area contributed by atoms with Crippen LogP contribution in [0.2, 0.25) is 10.0 Å². The minimum atomic E-state index is 0.296. The fraction of sp³-hybridized carbons (Fsp3) is 0.538. The number of halogens is 2. The van der Waals surface area contributed by atoms with E-state index in [4.69, 9.17) is 23.2 Å². The van der Waals surface area contributed by atoms with Crippen LogP contribution in [0.4, 0.5) is 0 Å². The van der Waals surface area contributed by atoms with Crippen LogP contribution in [0.25, 0.3) is 0 Å². The normalized spacial score (nSPS) is 18.5. The highest BCUT2D eigenvalue weighted by molar-refractivity contribution is 6.34. The molecule has 4 heteroatoms. The predicted octanol–water partition coefficient (Wildman–Crippen LogP) is 3.35. The van der Waals surface area contributed by atoms with Crippen LogP contribution < -0.4 is 5.32 Å². The van der Waals surface area contributed by atoms with Gasteiger partial charge in [-0.1, -0.05) is 23.2 Å². The highest BCUT2D eigenvalue weighted by Gasteiger charge is 2.18. The number of hydrogen-bond acceptors (Lipinski definition) is 2. The molecule has 17 heavy (non-hydrogen) atoms. The average molecular weight is 273 g/mol. The molecule has 0 amide bonds. The van der Waals surface area contributed by atoms with Crippen molar-refractivity contribution in [3.63, 3.8) is 0 Å². The van der Waals surface area contributed by atoms with Gasteiger partial charge >= 0.3 is 0 Å². The van der Waals surface area contributed by atoms with Crippen LogP contribution >= 0.6 is 23.2 Å². The van der Waals surface area contributed by atoms with Gasteiger partial charge in [-0.15, -0.1) is 0 Å². The third-order valence-corrected chi connectivity index (χ3v) is 3.71. The van der Waals surface area contributed by atoms with Crippen molar-refractivity contribution in [1.82, 2.24) is 10.2 Å². The summed E-state index contributed by atoms with van der Waals surface area (Å²) in [5.41, 5.74) is 1.16. The van der Waals surface area contributed by atoms with Crippen LogP contribution in [0.5, 0.6) is 0 Å². The molecule has 0 saturated carbocycles. The predicted molar refractivity (Wildman–Crippen MR) is 73.9 cm³/mol. The van der Waals surface area contributed by atoms with Gasteiger partial charge in [0, 0.05) is 22.6 Å². The summed E-state index contributed by atoms with van der Waals surface area (Å²) < 4.78 is 0. The van der Waals surface area contributed by atoms with Crippen LogP contribution in [-0.4, -0.2) is 31.6 Å². The molecule has 1 aromatic rings. The Kier molecular flexibility index (Phi) is 4.69. The van der Waals surface area contributed by atoms with Crippen molar-refractivity contribution >= 4 is 23.2 Å². The van der Waals surface area contributed by atoms with Crippen molar-refractivity contribution in [2.75, 3.05) is 26.7 Å². The van der Waals surface area contributed by atoms with Crippen LogP contribution in [0, 0.1) is 0 Å². The summed E-state index contributed by atoms with van der Waals surface area (Å²) in [6.45, 7) is 3.42. The molecule has 1 atom stereocenters. The SMILES string of the molecule is CN[C@@H](CN1CCCC1)c1cc(Cl)cc(Cl)c1. The molecule has 1 aliphatic heterocycles. The van der Waals surface area contributed by atoms with Gasteiger partial charge in [0.15, 0.2) is 0 Å². The summed E-state index contributed by atoms with van der Waals surface area (Å²) >= 11 is 12.1. The Bertz CT molecular complexity index is 355. The second-order valence-corrected chi connectivity index (χ2v) is 5.42. The van der Waals surface area contributed by atoms with Crippen molar-refractivity contribution < 1.29 is 0 Å². The topological polar surface area (TPSA) is 15.3 Å². The molecule has 94 valence electrons. The lowest BCUT2D eigenvalue weighted by atomic mass is 10.1. The van der Waals surface area contributed by atoms with E-state index in [0.717, 1.165) is 12.1 Å². The summed E-state index contributed by atoms with van der Waals surface area (Å²) in [4.78, 5) is 2.48. The molecule has 0 radical (unpaired) electrons. The summed E-state index contributed by atoms with van der Waals surface area (Å²) in [5, 5.41) is 4.75. The molecule has 0 aliphatic carbocycles. The van der Waals surface area contributed by atoms with E-state index in [1.807, 2.05) is 19.2 Å². The molecule has 1 saturated heterocycles. The monoisotopic (exact) mass is 272 g/mol. The van der Waals surface area contributed by atoms with E-state index in [-0.39, 0.29) is 0 Å². The Hall–Kier alpha value is -0.280. The number of likely N-dealkylation sites (tertiary alicyclic amines) is 1. The van der Waals surface area contributed by atoms with Gasteiger partial charge in [-0.2, -0.15) is 0 Å². The van der Waals surface area contributed by atoms with E-state index in [1.165, 1.54) is 25.9 Å². The zero-order chi connectivity index (χ0) is 12.3. The molecule has 0 bridgehead atoms. The molecule has 0 spiro atoms. The molecule has 0 aromatic heterocycles. The fourth-order valence-electron chi connectivity index (χ4n) is 2.36. The quantitative estimate of drug-likeness (QED) is 0.905. The zero-order valence-electron chi connectivity index (χ0n) is 10.0. The van der Waals surface area contributed by atoms with Gasteiger partial charge in [0.05, 0.1) is 0 Å². The van der Waals surface area contributed by atoms with E-state index in [1.54, 1.807) is 6.07 Å². The average Bonchev–Trinajstić information content (AvgIpc) is 2.77. The number of nitrogens with one attached hydrogen (secondary N) is 1. The van der Waals surface area contributed by atoms with E-state index < -0.39 is 0 Å². The first-order valence-corrected chi connectivity index (χ1v) is 6.80. The Morgan fingerprint density at radius 2 is 1.76 bits per heavy atom. The number of benzene rings is 1. The summed E-state index contributed by atoms with van der Waals surface area (Å²) in [6, 6.07) is 6.05. The molecular formula is C13H18Cl2N2. The van der Waals surface area contributed by atoms with Crippen molar-refractivity contribution in [2.45, 2.75) is 18.9 Å². The Morgan fingerprint density at radius 1 is 1.18 bits per heavy atom. The number of hydrogen-bond donors (Lipinski definition) is 1. The third kappa shape index (κ3) is 3.59. The molecule has 1 aliphatic rings. The van der Waals surface area contributed by atoms with Crippen LogP contribution in [0.15, 0.2) is 18.2 Å². The number of likely N-dealkylation sites (N-methyl/N-ethyl adjacent to an activating group) is 1. The largest absolute Gasteiger partial charge is 0.312 e. The van der Waals surface area contributed by atoms with E-state index >= 15 is 0 Å². The van der Waals surface area contributed by atoms with E-state index in [2.05, 4.69) is 10.2 Å². The first-order valence-electron chi connectivity index (χ1n) is 6.04. The molecule has 1 fully saturated rings. The van der Waals surface area contributed by atoms with Gasteiger partial charge in [0.1, 0.15) is 0 Å². The maximum absolute atomic E-state index is 6.04. The molecule has 2 nitrogen and oxygen atoms in total. The standard InChI is InChI=1S/C13H18Cl2N2/c1-16-13(9-17-4-2-3-5-17)10-6-11(14)8-12(15)7-10/h6-8,13,16H,2-5,9H2,1H3/t13-/m0/s1. The number of rotatable bonds is 4. The van der Waals surface area contributed by atoms with Gasteiger partial charge in [-0.25, -0.2) is 0 Å². The zero-order valence-corrected chi connectivity index (χ0v) is 11.6. The van der Waals surface area contributed by atoms with Crippen LogP contribution in [-0.2, 0) is 0 Å². The van der Waals surface area contributed by atoms with Crippen LogP contribution in [0.1, 0.15) is 24.4 Å². The van der Waals surface area contributed by atoms with Crippen molar-refractivity contribution in [3.8, 4) is 0 Å². The second kappa shape index (κ2) is 6.05. The van der Waals surface area contributed by atoms with Crippen LogP contribution in [0.3, 0.4) is 0 Å². The lowest BCUT2D eigenvalue weighted by molar-refractivity contribution is 0.299. The maximum Gasteiger partial charge on any atom is 0.0447 e. The minimum absolute atomic E-state index is 0.296. The van der Waals surface area contributed by atoms with Crippen molar-refractivity contribution in [3.05, 3.63) is 33.8 Å². The molecule has 1 aromatic carbocycles. The van der Waals surface area contributed by atoms with Gasteiger partial charge in [0.2, 0.25) is 0 Å². The van der Waals surface area contributed by atoms with Gasteiger partial charge in [0.25, 0.3) is 0 Å². The summed E-state index contributed by atoms with van der Waals surface area (Å²) in [7, 11) is 1.98. The first kappa shape index (κ1) is 13.2. The lowest BCUT2D eigenvalue weighted by Crippen LogP contribution is -2.31. The van der Waals surface area contributed by atoms with Crippen molar-refractivity contribution in [1.29, 1.82) is 0 Å². The summed E-state index contributed by atoms with van der Waals surface area (Å²) in [5.74, 6) is 0. The first-order chi connectivity index (χ1) is 8.19. The van der Waals surface area contributed by atoms with Gasteiger partial charge in [-0.05, 0) is 56.7 Å². The minimum Gasteiger partial charge on any atom is -0.312 e. The second-order valence-electron chi connectivity index (χ2n) is 4.55. The Labute approximate surface area is 113 Å². The highest BCUT2D eigenvalue weighted by atomic mass is 35.5. The smallest absolute Gasteiger partial charge is 0.0447 e. The summed E-state index contributed by atoms with van der Waals surface area (Å²) in [6.07, 6.45) is 2.62. The van der Waals surface area contributed by atoms with Crippen molar-refractivity contribution in [2.24, 2.45) is 0 Å². The molecule has 2 rings (SSSR count). The fourth-order valence-corrected chi connectivity index (χ4v) is 2.91. The maximum atomic E-state index is 6.04. The molecule has 1 heterocycles. The van der Waals surface area contributed by atoms with Gasteiger partial charge < -0.3 is 10.2 Å². The Balaban J connectivity index is 2.10. The van der Waals surface area contributed by atoms with Gasteiger partial charge in [-0.3, -0.25) is 0 Å². The Morgan fingerprint density at radius 3 is 2.29 bits per heavy atom. The molecule has 0 unspecified atom stereocenters. The lowest BCUT2D eigenvalue weighted by Gasteiger charge is -2.23. The molecule has 1 N–H and O–H groups in total. The molecular weight excluding hydrogens is 255 g/mol. The third-order valence-electron chi connectivity index (χ3n) is 3.28. The number of nitrogens with zero attached hydrogens (tertiary/aromatic N) is 1. The van der Waals surface area contributed by atoms with E-state index in [9.17, 15) is 0 Å².